The van der Waals surface area contributed by atoms with E-state index in [9.17, 15) is 14.7 Å². The number of likely N-dealkylation sites (tertiary alicyclic amines) is 1. The largest absolute Gasteiger partial charge is 0.480 e. The first-order chi connectivity index (χ1) is 11.0. The zero-order valence-electron chi connectivity index (χ0n) is 13.2. The van der Waals surface area contributed by atoms with E-state index >= 15 is 0 Å². The number of carbonyl (C=O) groups is 2. The van der Waals surface area contributed by atoms with Gasteiger partial charge in [0.15, 0.2) is 0 Å². The van der Waals surface area contributed by atoms with E-state index in [0.29, 0.717) is 30.8 Å². The average Bonchev–Trinajstić information content (AvgIpc) is 3.03. The molecule has 1 fully saturated rings. The van der Waals surface area contributed by atoms with Crippen LogP contribution in [0.15, 0.2) is 30.3 Å². The molecule has 0 saturated carbocycles. The van der Waals surface area contributed by atoms with Crippen molar-refractivity contribution in [2.24, 2.45) is 0 Å². The molecule has 6 nitrogen and oxygen atoms in total. The lowest BCUT2D eigenvalue weighted by Gasteiger charge is -2.23. The number of benzene rings is 1. The molecule has 1 aromatic heterocycles. The quantitative estimate of drug-likeness (QED) is 0.938. The summed E-state index contributed by atoms with van der Waals surface area (Å²) >= 11 is 0. The van der Waals surface area contributed by atoms with Gasteiger partial charge in [-0.1, -0.05) is 18.2 Å². The third-order valence-corrected chi connectivity index (χ3v) is 4.19. The van der Waals surface area contributed by atoms with Crippen LogP contribution in [0.4, 0.5) is 5.82 Å². The number of carbonyl (C=O) groups excluding carboxylic acids is 1. The summed E-state index contributed by atoms with van der Waals surface area (Å²) in [7, 11) is 3.72. The second-order valence-corrected chi connectivity index (χ2v) is 5.93. The Morgan fingerprint density at radius 2 is 2.04 bits per heavy atom. The molecule has 23 heavy (non-hydrogen) atoms. The molecule has 3 rings (SSSR count). The number of anilines is 1. The summed E-state index contributed by atoms with van der Waals surface area (Å²) in [6, 6.07) is 8.44. The van der Waals surface area contributed by atoms with Crippen molar-refractivity contribution < 1.29 is 14.7 Å². The summed E-state index contributed by atoms with van der Waals surface area (Å²) < 4.78 is 0. The summed E-state index contributed by atoms with van der Waals surface area (Å²) in [4.78, 5) is 32.2. The normalized spacial score (nSPS) is 17.5. The van der Waals surface area contributed by atoms with Crippen molar-refractivity contribution in [2.45, 2.75) is 18.9 Å². The molecule has 0 radical (unpaired) electrons. The Kier molecular flexibility index (Phi) is 3.90. The van der Waals surface area contributed by atoms with Crippen molar-refractivity contribution in [3.63, 3.8) is 0 Å². The number of carboxylic acid groups (broad SMARTS) is 1. The van der Waals surface area contributed by atoms with E-state index in [2.05, 4.69) is 4.98 Å². The van der Waals surface area contributed by atoms with Gasteiger partial charge in [-0.25, -0.2) is 9.78 Å². The van der Waals surface area contributed by atoms with Crippen LogP contribution in [0.2, 0.25) is 0 Å². The number of hydrogen-bond donors (Lipinski definition) is 1. The fraction of sp³-hybridized carbons (Fsp3) is 0.353. The van der Waals surface area contributed by atoms with Crippen LogP contribution in [0.5, 0.6) is 0 Å². The third-order valence-electron chi connectivity index (χ3n) is 4.19. The molecule has 1 saturated heterocycles. The number of aliphatic carboxylic acids is 1. The van der Waals surface area contributed by atoms with Gasteiger partial charge in [0.1, 0.15) is 11.9 Å². The van der Waals surface area contributed by atoms with Gasteiger partial charge in [0.25, 0.3) is 5.91 Å². The van der Waals surface area contributed by atoms with Crippen molar-refractivity contribution in [1.82, 2.24) is 9.88 Å². The third kappa shape index (κ3) is 2.72. The van der Waals surface area contributed by atoms with Crippen molar-refractivity contribution in [2.75, 3.05) is 25.5 Å². The zero-order valence-corrected chi connectivity index (χ0v) is 13.2. The number of aromatic nitrogens is 1. The van der Waals surface area contributed by atoms with Crippen molar-refractivity contribution in [1.29, 1.82) is 0 Å². The zero-order chi connectivity index (χ0) is 16.6. The van der Waals surface area contributed by atoms with E-state index in [1.807, 2.05) is 43.3 Å². The highest BCUT2D eigenvalue weighted by molar-refractivity contribution is 6.08. The van der Waals surface area contributed by atoms with Gasteiger partial charge in [-0.3, -0.25) is 4.79 Å². The lowest BCUT2D eigenvalue weighted by molar-refractivity contribution is -0.141. The molecular weight excluding hydrogens is 294 g/mol. The number of rotatable bonds is 3. The molecule has 1 aromatic carbocycles. The Balaban J connectivity index is 2.11. The molecule has 2 aromatic rings. The summed E-state index contributed by atoms with van der Waals surface area (Å²) in [5.41, 5.74) is 1.24. The predicted octanol–water partition coefficient (Wildman–Crippen LogP) is 1.99. The van der Waals surface area contributed by atoms with E-state index in [1.165, 1.54) is 4.90 Å². The fourth-order valence-electron chi connectivity index (χ4n) is 2.99. The fourth-order valence-corrected chi connectivity index (χ4v) is 2.99. The predicted molar refractivity (Wildman–Crippen MR) is 87.8 cm³/mol. The van der Waals surface area contributed by atoms with Crippen LogP contribution in [0, 0.1) is 0 Å². The smallest absolute Gasteiger partial charge is 0.326 e. The number of para-hydroxylation sites is 1. The van der Waals surface area contributed by atoms with Gasteiger partial charge in [-0.15, -0.1) is 0 Å². The lowest BCUT2D eigenvalue weighted by Crippen LogP contribution is -2.40. The summed E-state index contributed by atoms with van der Waals surface area (Å²) in [6.07, 6.45) is 1.22. The monoisotopic (exact) mass is 313 g/mol. The van der Waals surface area contributed by atoms with E-state index in [4.69, 9.17) is 0 Å². The van der Waals surface area contributed by atoms with E-state index < -0.39 is 12.0 Å². The first kappa shape index (κ1) is 15.3. The Bertz CT molecular complexity index is 773. The van der Waals surface area contributed by atoms with Crippen molar-refractivity contribution in [3.8, 4) is 0 Å². The van der Waals surface area contributed by atoms with Crippen molar-refractivity contribution >= 4 is 28.6 Å². The Morgan fingerprint density at radius 1 is 1.30 bits per heavy atom. The summed E-state index contributed by atoms with van der Waals surface area (Å²) in [5.74, 6) is -0.503. The maximum absolute atomic E-state index is 13.0. The topological polar surface area (TPSA) is 73.7 Å². The summed E-state index contributed by atoms with van der Waals surface area (Å²) in [5, 5.41) is 10.1. The number of hydrogen-bond acceptors (Lipinski definition) is 4. The Hall–Kier alpha value is -2.63. The molecule has 1 aliphatic heterocycles. The molecule has 1 unspecified atom stereocenters. The number of pyridine rings is 1. The van der Waals surface area contributed by atoms with Crippen LogP contribution in [0.3, 0.4) is 0 Å². The molecule has 0 aliphatic carbocycles. The SMILES string of the molecule is CN(C)c1cc(C(=O)N2CCCC2C(=O)O)c2ccccc2n1. The Labute approximate surface area is 134 Å². The molecule has 0 spiro atoms. The van der Waals surface area contributed by atoms with Crippen LogP contribution in [0.25, 0.3) is 10.9 Å². The molecule has 6 heteroatoms. The first-order valence-electron chi connectivity index (χ1n) is 7.60. The lowest BCUT2D eigenvalue weighted by atomic mass is 10.1. The maximum atomic E-state index is 13.0. The van der Waals surface area contributed by atoms with E-state index in [0.717, 1.165) is 10.9 Å². The molecule has 1 amide bonds. The second kappa shape index (κ2) is 5.87. The number of nitrogens with zero attached hydrogens (tertiary/aromatic N) is 3. The van der Waals surface area contributed by atoms with E-state index in [1.54, 1.807) is 6.07 Å². The van der Waals surface area contributed by atoms with Crippen LogP contribution in [-0.4, -0.2) is 53.5 Å². The van der Waals surface area contributed by atoms with Crippen molar-refractivity contribution in [3.05, 3.63) is 35.9 Å². The minimum absolute atomic E-state index is 0.239. The second-order valence-electron chi connectivity index (χ2n) is 5.93. The van der Waals surface area contributed by atoms with Crippen LogP contribution >= 0.6 is 0 Å². The minimum atomic E-state index is -0.943. The maximum Gasteiger partial charge on any atom is 0.326 e. The van der Waals surface area contributed by atoms with Gasteiger partial charge in [-0.2, -0.15) is 0 Å². The van der Waals surface area contributed by atoms with Gasteiger partial charge in [0.05, 0.1) is 11.1 Å². The highest BCUT2D eigenvalue weighted by Crippen LogP contribution is 2.26. The van der Waals surface area contributed by atoms with Crippen LogP contribution in [-0.2, 0) is 4.79 Å². The molecule has 1 atom stereocenters. The molecular formula is C17H19N3O3. The standard InChI is InChI=1S/C17H19N3O3/c1-19(2)15-10-12(11-6-3-4-7-13(11)18-15)16(21)20-9-5-8-14(20)17(22)23/h3-4,6-7,10,14H,5,8-9H2,1-2H3,(H,22,23). The molecule has 2 heterocycles. The Morgan fingerprint density at radius 3 is 2.74 bits per heavy atom. The first-order valence-corrected chi connectivity index (χ1v) is 7.60. The molecule has 1 N–H and O–H groups in total. The van der Waals surface area contributed by atoms with Gasteiger partial charge >= 0.3 is 5.97 Å². The van der Waals surface area contributed by atoms with E-state index in [-0.39, 0.29) is 5.91 Å². The van der Waals surface area contributed by atoms with Crippen LogP contribution < -0.4 is 4.90 Å². The average molecular weight is 313 g/mol. The van der Waals surface area contributed by atoms with Gasteiger partial charge < -0.3 is 14.9 Å². The number of carboxylic acids is 1. The summed E-state index contributed by atoms with van der Waals surface area (Å²) in [6.45, 7) is 0.476. The molecule has 1 aliphatic rings. The highest BCUT2D eigenvalue weighted by Gasteiger charge is 2.35. The number of amides is 1. The van der Waals surface area contributed by atoms with Crippen LogP contribution in [0.1, 0.15) is 23.2 Å². The van der Waals surface area contributed by atoms with Gasteiger partial charge in [-0.05, 0) is 25.0 Å². The molecule has 120 valence electrons. The number of fused-ring (bicyclic) bond motifs is 1. The minimum Gasteiger partial charge on any atom is -0.480 e. The van der Waals surface area contributed by atoms with Gasteiger partial charge in [0.2, 0.25) is 0 Å². The van der Waals surface area contributed by atoms with Gasteiger partial charge in [0, 0.05) is 26.0 Å². The highest BCUT2D eigenvalue weighted by atomic mass is 16.4. The molecule has 0 bridgehead atoms.